The maximum Gasteiger partial charge on any atom is 0.453 e. The van der Waals surface area contributed by atoms with Gasteiger partial charge in [0.1, 0.15) is 0 Å². The Morgan fingerprint density at radius 1 is 1.00 bits per heavy atom. The molecule has 1 atom stereocenters. The van der Waals surface area contributed by atoms with E-state index in [-0.39, 0.29) is 6.42 Å². The van der Waals surface area contributed by atoms with E-state index in [4.69, 9.17) is 0 Å². The first-order chi connectivity index (χ1) is 10.5. The molecule has 0 aliphatic rings. The van der Waals surface area contributed by atoms with Crippen molar-refractivity contribution in [3.8, 4) is 0 Å². The van der Waals surface area contributed by atoms with Gasteiger partial charge in [-0.3, -0.25) is 4.79 Å². The minimum atomic E-state index is -6.11. The van der Waals surface area contributed by atoms with Gasteiger partial charge in [-0.25, -0.2) is 8.78 Å². The number of carbonyl (C=O) groups is 1. The number of rotatable bonds is 8. The second-order valence-corrected chi connectivity index (χ2v) is 6.90. The van der Waals surface area contributed by atoms with Crippen molar-refractivity contribution < 1.29 is 40.3 Å². The molecule has 0 amide bonds. The third-order valence-corrected chi connectivity index (χ3v) is 3.71. The van der Waals surface area contributed by atoms with Crippen LogP contribution in [0.1, 0.15) is 53.9 Å². The third kappa shape index (κ3) is 6.12. The number of ether oxygens (including phenoxy) is 1. The average Bonchev–Trinajstić information content (AvgIpc) is 2.34. The van der Waals surface area contributed by atoms with Crippen molar-refractivity contribution in [3.63, 3.8) is 0 Å². The maximum atomic E-state index is 14.1. The highest BCUT2D eigenvalue weighted by atomic mass is 19.4. The van der Waals surface area contributed by atoms with Crippen LogP contribution in [-0.2, 0) is 9.53 Å². The van der Waals surface area contributed by atoms with Gasteiger partial charge in [0.25, 0.3) is 5.92 Å². The number of hydrogen-bond donors (Lipinski definition) is 0. The highest BCUT2D eigenvalue weighted by Gasteiger charge is 2.63. The molecule has 0 aromatic carbocycles. The van der Waals surface area contributed by atoms with Gasteiger partial charge >= 0.3 is 18.1 Å². The predicted molar refractivity (Wildman–Crippen MR) is 74.0 cm³/mol. The largest absolute Gasteiger partial charge is 0.456 e. The monoisotopic (exact) mass is 368 g/mol. The molecule has 144 valence electrons. The average molecular weight is 368 g/mol. The van der Waals surface area contributed by atoms with E-state index in [1.165, 1.54) is 27.7 Å². The minimum absolute atomic E-state index is 0.227. The van der Waals surface area contributed by atoms with Crippen LogP contribution in [-0.4, -0.2) is 30.1 Å². The van der Waals surface area contributed by atoms with Crippen LogP contribution in [0.25, 0.3) is 0 Å². The van der Waals surface area contributed by atoms with Gasteiger partial charge in [0, 0.05) is 0 Å². The lowest BCUT2D eigenvalue weighted by molar-refractivity contribution is -0.307. The van der Waals surface area contributed by atoms with Gasteiger partial charge in [0.2, 0.25) is 0 Å². The van der Waals surface area contributed by atoms with Crippen molar-refractivity contribution >= 4 is 5.97 Å². The van der Waals surface area contributed by atoms with Crippen molar-refractivity contribution in [2.75, 3.05) is 0 Å². The quantitative estimate of drug-likeness (QED) is 0.412. The summed E-state index contributed by atoms with van der Waals surface area (Å²) in [7, 11) is 0. The molecule has 1 unspecified atom stereocenters. The Balaban J connectivity index is 5.46. The van der Waals surface area contributed by atoms with E-state index >= 15 is 0 Å². The first-order valence-electron chi connectivity index (χ1n) is 7.49. The molecule has 0 rings (SSSR count). The summed E-state index contributed by atoms with van der Waals surface area (Å²) >= 11 is 0. The van der Waals surface area contributed by atoms with Crippen LogP contribution < -0.4 is 0 Å². The van der Waals surface area contributed by atoms with Crippen LogP contribution in [0.5, 0.6) is 0 Å². The Hall–Kier alpha value is -1.02. The van der Waals surface area contributed by atoms with E-state index < -0.39 is 54.3 Å². The molecule has 0 spiro atoms. The molecule has 24 heavy (non-hydrogen) atoms. The summed E-state index contributed by atoms with van der Waals surface area (Å²) < 4.78 is 95.4. The van der Waals surface area contributed by atoms with Crippen molar-refractivity contribution in [2.24, 2.45) is 11.3 Å². The minimum Gasteiger partial charge on any atom is -0.456 e. The van der Waals surface area contributed by atoms with Crippen LogP contribution in [0.4, 0.5) is 30.7 Å². The number of halogens is 7. The molecule has 0 aromatic rings. The summed E-state index contributed by atoms with van der Waals surface area (Å²) in [5.74, 6) is -11.7. The lowest BCUT2D eigenvalue weighted by atomic mass is 9.90. The van der Waals surface area contributed by atoms with E-state index in [9.17, 15) is 35.5 Å². The Labute approximate surface area is 136 Å². The topological polar surface area (TPSA) is 26.3 Å². The van der Waals surface area contributed by atoms with E-state index in [2.05, 4.69) is 4.74 Å². The first-order valence-corrected chi connectivity index (χ1v) is 7.49. The summed E-state index contributed by atoms with van der Waals surface area (Å²) in [6.07, 6.45) is -11.5. The smallest absolute Gasteiger partial charge is 0.453 e. The zero-order chi connectivity index (χ0) is 19.6. The Bertz CT molecular complexity index is 428. The van der Waals surface area contributed by atoms with Crippen LogP contribution in [0, 0.1) is 11.3 Å². The number of carbonyl (C=O) groups excluding carboxylic acids is 1. The first kappa shape index (κ1) is 23.0. The SMILES string of the molecule is CCC(C)(C)C(=O)OC(CC(C)C)C(F)(F)CC(F)(F)C(F)(F)F. The van der Waals surface area contributed by atoms with Crippen molar-refractivity contribution in [1.29, 1.82) is 0 Å². The van der Waals surface area contributed by atoms with Crippen molar-refractivity contribution in [1.82, 2.24) is 0 Å². The Morgan fingerprint density at radius 2 is 1.46 bits per heavy atom. The van der Waals surface area contributed by atoms with Crippen molar-refractivity contribution in [3.05, 3.63) is 0 Å². The Kier molecular flexibility index (Phi) is 7.16. The molecule has 0 saturated heterocycles. The van der Waals surface area contributed by atoms with E-state index in [1.54, 1.807) is 6.92 Å². The lowest BCUT2D eigenvalue weighted by Gasteiger charge is -2.33. The molecular weight excluding hydrogens is 345 g/mol. The van der Waals surface area contributed by atoms with Gasteiger partial charge in [-0.15, -0.1) is 0 Å². The zero-order valence-electron chi connectivity index (χ0n) is 14.2. The van der Waals surface area contributed by atoms with Crippen molar-refractivity contribution in [2.45, 2.75) is 78.0 Å². The van der Waals surface area contributed by atoms with Gasteiger partial charge in [-0.05, 0) is 32.6 Å². The van der Waals surface area contributed by atoms with E-state index in [0.29, 0.717) is 0 Å². The zero-order valence-corrected chi connectivity index (χ0v) is 14.2. The van der Waals surface area contributed by atoms with Gasteiger partial charge in [0.05, 0.1) is 11.8 Å². The normalized spacial score (nSPS) is 15.5. The molecule has 2 nitrogen and oxygen atoms in total. The molecule has 0 heterocycles. The number of alkyl halides is 7. The molecule has 0 fully saturated rings. The summed E-state index contributed by atoms with van der Waals surface area (Å²) in [6.45, 7) is 7.33. The summed E-state index contributed by atoms with van der Waals surface area (Å²) in [6, 6.07) is 0. The highest BCUT2D eigenvalue weighted by molar-refractivity contribution is 5.76. The van der Waals surface area contributed by atoms with Crippen LogP contribution in [0.3, 0.4) is 0 Å². The van der Waals surface area contributed by atoms with Crippen LogP contribution >= 0.6 is 0 Å². The molecule has 0 bridgehead atoms. The predicted octanol–water partition coefficient (Wildman–Crippen LogP) is 5.60. The maximum absolute atomic E-state index is 14.1. The lowest BCUT2D eigenvalue weighted by Crippen LogP contribution is -2.48. The second-order valence-electron chi connectivity index (χ2n) is 6.90. The molecule has 0 aliphatic heterocycles. The van der Waals surface area contributed by atoms with E-state index in [1.807, 2.05) is 0 Å². The van der Waals surface area contributed by atoms with E-state index in [0.717, 1.165) is 0 Å². The van der Waals surface area contributed by atoms with Gasteiger partial charge in [0.15, 0.2) is 6.10 Å². The van der Waals surface area contributed by atoms with Gasteiger partial charge in [-0.2, -0.15) is 22.0 Å². The molecular formula is C15H23F7O2. The number of esters is 1. The highest BCUT2D eigenvalue weighted by Crippen LogP contribution is 2.45. The third-order valence-electron chi connectivity index (χ3n) is 3.71. The van der Waals surface area contributed by atoms with Gasteiger partial charge < -0.3 is 4.74 Å². The Morgan fingerprint density at radius 3 is 1.79 bits per heavy atom. The summed E-state index contributed by atoms with van der Waals surface area (Å²) in [5, 5.41) is 0. The molecule has 0 aliphatic carbocycles. The summed E-state index contributed by atoms with van der Waals surface area (Å²) in [4.78, 5) is 11.9. The fraction of sp³-hybridized carbons (Fsp3) is 0.933. The van der Waals surface area contributed by atoms with Crippen LogP contribution in [0.15, 0.2) is 0 Å². The number of hydrogen-bond acceptors (Lipinski definition) is 2. The van der Waals surface area contributed by atoms with Gasteiger partial charge in [-0.1, -0.05) is 20.8 Å². The molecule has 0 radical (unpaired) electrons. The molecule has 0 N–H and O–H groups in total. The van der Waals surface area contributed by atoms with Crippen LogP contribution in [0.2, 0.25) is 0 Å². The summed E-state index contributed by atoms with van der Waals surface area (Å²) in [5.41, 5.74) is -1.15. The molecule has 0 saturated carbocycles. The fourth-order valence-electron chi connectivity index (χ4n) is 1.68. The molecule has 0 aromatic heterocycles. The molecule has 9 heteroatoms. The second kappa shape index (κ2) is 7.47. The standard InChI is InChI=1S/C15H23F7O2/c1-6-12(4,5)11(23)24-10(7-9(2)3)13(16,17)8-14(18,19)15(20,21)22/h9-10H,6-8H2,1-5H3. The fourth-order valence-corrected chi connectivity index (χ4v) is 1.68.